The van der Waals surface area contributed by atoms with E-state index in [1.807, 2.05) is 19.1 Å². The van der Waals surface area contributed by atoms with E-state index in [4.69, 9.17) is 10.00 Å². The summed E-state index contributed by atoms with van der Waals surface area (Å²) in [7, 11) is -3.61. The lowest BCUT2D eigenvalue weighted by Gasteiger charge is -2.09. The Morgan fingerprint density at radius 1 is 1.19 bits per heavy atom. The van der Waals surface area contributed by atoms with Crippen LogP contribution in [0.1, 0.15) is 5.56 Å². The Morgan fingerprint density at radius 3 is 2.52 bits per heavy atom. The molecule has 5 nitrogen and oxygen atoms in total. The molecule has 0 aliphatic rings. The van der Waals surface area contributed by atoms with Crippen molar-refractivity contribution in [3.05, 3.63) is 54.1 Å². The Balaban J connectivity index is 2.15. The van der Waals surface area contributed by atoms with Crippen molar-refractivity contribution < 1.29 is 13.2 Å². The van der Waals surface area contributed by atoms with E-state index >= 15 is 0 Å². The average molecular weight is 302 g/mol. The van der Waals surface area contributed by atoms with Gasteiger partial charge in [-0.15, -0.1) is 0 Å². The molecule has 0 aromatic heterocycles. The van der Waals surface area contributed by atoms with E-state index in [1.54, 1.807) is 42.5 Å². The number of anilines is 1. The molecule has 0 amide bonds. The lowest BCUT2D eigenvalue weighted by atomic mass is 10.2. The van der Waals surface area contributed by atoms with Gasteiger partial charge in [-0.3, -0.25) is 4.72 Å². The van der Waals surface area contributed by atoms with E-state index < -0.39 is 10.0 Å². The number of hydrogen-bond donors (Lipinski definition) is 1. The highest BCUT2D eigenvalue weighted by Gasteiger charge is 2.13. The van der Waals surface area contributed by atoms with Crippen molar-refractivity contribution in [2.45, 2.75) is 11.8 Å². The molecule has 0 aliphatic carbocycles. The van der Waals surface area contributed by atoms with Crippen LogP contribution in [-0.2, 0) is 10.0 Å². The molecule has 0 unspecified atom stereocenters. The van der Waals surface area contributed by atoms with Crippen molar-refractivity contribution in [2.24, 2.45) is 0 Å². The molecule has 6 heteroatoms. The van der Waals surface area contributed by atoms with Crippen LogP contribution in [0.2, 0.25) is 0 Å². The fraction of sp³-hybridized carbons (Fsp3) is 0.133. The zero-order chi connectivity index (χ0) is 15.3. The standard InChI is InChI=1S/C15H14N2O3S/c1-12-3-2-4-15(11-12)21(18,19)17-13-5-7-14(8-6-13)20-10-9-16/h2-8,11,17H,10H2,1H3. The molecule has 2 rings (SSSR count). The zero-order valence-electron chi connectivity index (χ0n) is 11.4. The Labute approximate surface area is 123 Å². The molecule has 0 aliphatic heterocycles. The van der Waals surface area contributed by atoms with Gasteiger partial charge in [0.05, 0.1) is 4.90 Å². The maximum Gasteiger partial charge on any atom is 0.261 e. The van der Waals surface area contributed by atoms with Crippen LogP contribution in [-0.4, -0.2) is 15.0 Å². The van der Waals surface area contributed by atoms with Gasteiger partial charge in [0.2, 0.25) is 0 Å². The first-order valence-corrected chi connectivity index (χ1v) is 7.69. The lowest BCUT2D eigenvalue weighted by molar-refractivity contribution is 0.368. The van der Waals surface area contributed by atoms with Crippen LogP contribution < -0.4 is 9.46 Å². The number of sulfonamides is 1. The highest BCUT2D eigenvalue weighted by atomic mass is 32.2. The van der Waals surface area contributed by atoms with E-state index in [2.05, 4.69) is 4.72 Å². The van der Waals surface area contributed by atoms with Gasteiger partial charge in [0, 0.05) is 5.69 Å². The van der Waals surface area contributed by atoms with Gasteiger partial charge in [0.15, 0.2) is 6.61 Å². The van der Waals surface area contributed by atoms with Crippen LogP contribution in [0.15, 0.2) is 53.4 Å². The third kappa shape index (κ3) is 3.97. The third-order valence-electron chi connectivity index (χ3n) is 2.71. The molecule has 0 saturated heterocycles. The van der Waals surface area contributed by atoms with Gasteiger partial charge >= 0.3 is 0 Å². The maximum atomic E-state index is 12.2. The van der Waals surface area contributed by atoms with Crippen molar-refractivity contribution >= 4 is 15.7 Å². The predicted molar refractivity (Wildman–Crippen MR) is 79.5 cm³/mol. The van der Waals surface area contributed by atoms with Crippen LogP contribution in [0.4, 0.5) is 5.69 Å². The number of nitrogens with zero attached hydrogens (tertiary/aromatic N) is 1. The van der Waals surface area contributed by atoms with Gasteiger partial charge in [-0.05, 0) is 48.9 Å². The van der Waals surface area contributed by atoms with E-state index in [0.717, 1.165) is 5.56 Å². The van der Waals surface area contributed by atoms with E-state index in [9.17, 15) is 8.42 Å². The summed E-state index contributed by atoms with van der Waals surface area (Å²) in [6, 6.07) is 14.9. The molecule has 2 aromatic rings. The predicted octanol–water partition coefficient (Wildman–Crippen LogP) is 2.70. The fourth-order valence-corrected chi connectivity index (χ4v) is 2.89. The zero-order valence-corrected chi connectivity index (χ0v) is 12.2. The number of ether oxygens (including phenoxy) is 1. The first kappa shape index (κ1) is 14.9. The SMILES string of the molecule is Cc1cccc(S(=O)(=O)Nc2ccc(OCC#N)cc2)c1. The van der Waals surface area contributed by atoms with E-state index in [1.165, 1.54) is 0 Å². The Kier molecular flexibility index (Phi) is 4.45. The minimum atomic E-state index is -3.61. The van der Waals surface area contributed by atoms with Crippen molar-refractivity contribution in [3.8, 4) is 11.8 Å². The summed E-state index contributed by atoms with van der Waals surface area (Å²) < 4.78 is 32.0. The molecule has 0 heterocycles. The molecule has 108 valence electrons. The highest BCUT2D eigenvalue weighted by molar-refractivity contribution is 7.92. The summed E-state index contributed by atoms with van der Waals surface area (Å²) in [5.74, 6) is 0.509. The molecule has 0 fully saturated rings. The summed E-state index contributed by atoms with van der Waals surface area (Å²) in [5.41, 5.74) is 1.30. The van der Waals surface area contributed by atoms with Crippen LogP contribution in [0, 0.1) is 18.3 Å². The summed E-state index contributed by atoms with van der Waals surface area (Å²) in [4.78, 5) is 0.215. The number of hydrogen-bond acceptors (Lipinski definition) is 4. The molecule has 0 spiro atoms. The molecule has 2 aromatic carbocycles. The number of aryl methyl sites for hydroxylation is 1. The second-order valence-electron chi connectivity index (χ2n) is 4.39. The smallest absolute Gasteiger partial charge is 0.261 e. The molecule has 0 radical (unpaired) electrons. The van der Waals surface area contributed by atoms with Crippen molar-refractivity contribution in [1.82, 2.24) is 0 Å². The van der Waals surface area contributed by atoms with Crippen LogP contribution in [0.3, 0.4) is 0 Å². The Bertz CT molecular complexity index is 762. The highest BCUT2D eigenvalue weighted by Crippen LogP contribution is 2.20. The van der Waals surface area contributed by atoms with Gasteiger partial charge in [-0.2, -0.15) is 5.26 Å². The van der Waals surface area contributed by atoms with E-state index in [0.29, 0.717) is 11.4 Å². The van der Waals surface area contributed by atoms with Crippen LogP contribution in [0.25, 0.3) is 0 Å². The largest absolute Gasteiger partial charge is 0.479 e. The minimum Gasteiger partial charge on any atom is -0.479 e. The fourth-order valence-electron chi connectivity index (χ4n) is 1.73. The lowest BCUT2D eigenvalue weighted by Crippen LogP contribution is -2.12. The monoisotopic (exact) mass is 302 g/mol. The second-order valence-corrected chi connectivity index (χ2v) is 6.08. The van der Waals surface area contributed by atoms with Gasteiger partial charge < -0.3 is 4.74 Å². The first-order valence-electron chi connectivity index (χ1n) is 6.20. The average Bonchev–Trinajstić information content (AvgIpc) is 2.46. The van der Waals surface area contributed by atoms with Crippen molar-refractivity contribution in [1.29, 1.82) is 5.26 Å². The van der Waals surface area contributed by atoms with Gasteiger partial charge in [-0.25, -0.2) is 8.42 Å². The summed E-state index contributed by atoms with van der Waals surface area (Å²) >= 11 is 0. The summed E-state index contributed by atoms with van der Waals surface area (Å²) in [6.07, 6.45) is 0. The molecule has 21 heavy (non-hydrogen) atoms. The second kappa shape index (κ2) is 6.29. The molecular weight excluding hydrogens is 288 g/mol. The molecular formula is C15H14N2O3S. The third-order valence-corrected chi connectivity index (χ3v) is 4.09. The van der Waals surface area contributed by atoms with E-state index in [-0.39, 0.29) is 11.5 Å². The molecule has 1 N–H and O–H groups in total. The normalized spacial score (nSPS) is 10.7. The van der Waals surface area contributed by atoms with Gasteiger partial charge in [-0.1, -0.05) is 12.1 Å². The minimum absolute atomic E-state index is 0.0473. The van der Waals surface area contributed by atoms with Gasteiger partial charge in [0.1, 0.15) is 11.8 Å². The van der Waals surface area contributed by atoms with Gasteiger partial charge in [0.25, 0.3) is 10.0 Å². The quantitative estimate of drug-likeness (QED) is 0.921. The Morgan fingerprint density at radius 2 is 1.90 bits per heavy atom. The maximum absolute atomic E-state index is 12.2. The summed E-state index contributed by atoms with van der Waals surface area (Å²) in [6.45, 7) is 1.79. The number of rotatable bonds is 5. The number of nitriles is 1. The number of nitrogens with one attached hydrogen (secondary N) is 1. The topological polar surface area (TPSA) is 79.2 Å². The van der Waals surface area contributed by atoms with Crippen LogP contribution >= 0.6 is 0 Å². The molecule has 0 atom stereocenters. The van der Waals surface area contributed by atoms with Crippen molar-refractivity contribution in [3.63, 3.8) is 0 Å². The summed E-state index contributed by atoms with van der Waals surface area (Å²) in [5, 5.41) is 8.42. The molecule has 0 bridgehead atoms. The first-order chi connectivity index (χ1) is 10.0. The van der Waals surface area contributed by atoms with Crippen LogP contribution in [0.5, 0.6) is 5.75 Å². The number of benzene rings is 2. The van der Waals surface area contributed by atoms with Crippen molar-refractivity contribution in [2.75, 3.05) is 11.3 Å². The molecule has 0 saturated carbocycles. The Hall–Kier alpha value is -2.52.